The van der Waals surface area contributed by atoms with E-state index in [1.54, 1.807) is 0 Å². The number of nitrogens with zero attached hydrogens (tertiary/aromatic N) is 1. The van der Waals surface area contributed by atoms with Crippen LogP contribution in [-0.2, 0) is 0 Å². The molecule has 0 aromatic rings. The molecule has 0 spiro atoms. The zero-order valence-electron chi connectivity index (χ0n) is 7.01. The van der Waals surface area contributed by atoms with Gasteiger partial charge in [0.25, 0.3) is 0 Å². The number of fused-ring (bicyclic) bond motifs is 1. The molecule has 1 saturated heterocycles. The average molecular weight is 139 g/mol. The van der Waals surface area contributed by atoms with E-state index >= 15 is 0 Å². The van der Waals surface area contributed by atoms with E-state index in [4.69, 9.17) is 0 Å². The molecule has 1 aliphatic heterocycles. The summed E-state index contributed by atoms with van der Waals surface area (Å²) in [5.74, 6) is 0. The van der Waals surface area contributed by atoms with Gasteiger partial charge in [0.2, 0.25) is 0 Å². The highest BCUT2D eigenvalue weighted by Gasteiger charge is 2.48. The van der Waals surface area contributed by atoms with Gasteiger partial charge in [-0.05, 0) is 26.7 Å². The topological polar surface area (TPSA) is 3.01 Å². The molecule has 0 bridgehead atoms. The summed E-state index contributed by atoms with van der Waals surface area (Å²) in [6.45, 7) is 4.64. The van der Waals surface area contributed by atoms with E-state index in [0.717, 1.165) is 18.1 Å². The van der Waals surface area contributed by atoms with Crippen LogP contribution in [-0.4, -0.2) is 23.0 Å². The van der Waals surface area contributed by atoms with Crippen LogP contribution in [0, 0.1) is 0 Å². The zero-order chi connectivity index (χ0) is 7.14. The Hall–Kier alpha value is -0.0400. The van der Waals surface area contributed by atoms with Crippen LogP contribution in [0.15, 0.2) is 0 Å². The third-order valence-electron chi connectivity index (χ3n) is 2.97. The van der Waals surface area contributed by atoms with Crippen molar-refractivity contribution < 1.29 is 0 Å². The summed E-state index contributed by atoms with van der Waals surface area (Å²) in [6.07, 6.45) is 5.90. The monoisotopic (exact) mass is 139 g/mol. The fourth-order valence-corrected chi connectivity index (χ4v) is 2.51. The highest BCUT2D eigenvalue weighted by molar-refractivity contribution is 5.05. The molecule has 0 amide bonds. The first-order valence-electron chi connectivity index (χ1n) is 4.58. The first-order valence-corrected chi connectivity index (χ1v) is 4.58. The molecular weight excluding hydrogens is 122 g/mol. The Labute approximate surface area is 63.4 Å². The minimum atomic E-state index is 0.799. The summed E-state index contributed by atoms with van der Waals surface area (Å²) in [5, 5.41) is 0. The minimum absolute atomic E-state index is 0.799. The molecule has 58 valence electrons. The predicted molar refractivity (Wildman–Crippen MR) is 43.0 cm³/mol. The van der Waals surface area contributed by atoms with E-state index in [1.165, 1.54) is 25.7 Å². The Kier molecular flexibility index (Phi) is 1.48. The van der Waals surface area contributed by atoms with E-state index < -0.39 is 0 Å². The molecule has 2 unspecified atom stereocenters. The molecule has 2 aliphatic rings. The summed E-state index contributed by atoms with van der Waals surface area (Å²) in [7, 11) is 0. The average Bonchev–Trinajstić information content (AvgIpc) is 2.60. The summed E-state index contributed by atoms with van der Waals surface area (Å²) >= 11 is 0. The van der Waals surface area contributed by atoms with Gasteiger partial charge in [0.1, 0.15) is 0 Å². The number of hydrogen-bond acceptors (Lipinski definition) is 1. The van der Waals surface area contributed by atoms with Gasteiger partial charge in [-0.1, -0.05) is 12.8 Å². The fourth-order valence-electron chi connectivity index (χ4n) is 2.51. The Morgan fingerprint density at radius 3 is 2.00 bits per heavy atom. The molecular formula is C9H17N. The van der Waals surface area contributed by atoms with Crippen LogP contribution in [0.5, 0.6) is 0 Å². The molecule has 0 aromatic heterocycles. The van der Waals surface area contributed by atoms with Crippen LogP contribution in [0.1, 0.15) is 39.5 Å². The molecule has 2 rings (SSSR count). The molecule has 1 heterocycles. The van der Waals surface area contributed by atoms with E-state index in [0.29, 0.717) is 0 Å². The smallest absolute Gasteiger partial charge is 0.0258 e. The molecule has 2 atom stereocenters. The van der Waals surface area contributed by atoms with Gasteiger partial charge in [0.15, 0.2) is 0 Å². The Morgan fingerprint density at radius 1 is 1.10 bits per heavy atom. The van der Waals surface area contributed by atoms with Crippen molar-refractivity contribution in [3.8, 4) is 0 Å². The first-order chi connectivity index (χ1) is 4.80. The molecule has 1 nitrogen and oxygen atoms in total. The summed E-state index contributed by atoms with van der Waals surface area (Å²) < 4.78 is 0. The highest BCUT2D eigenvalue weighted by atomic mass is 15.4. The van der Waals surface area contributed by atoms with Gasteiger partial charge in [-0.2, -0.15) is 0 Å². The zero-order valence-corrected chi connectivity index (χ0v) is 7.01. The number of rotatable bonds is 1. The minimum Gasteiger partial charge on any atom is -0.292 e. The predicted octanol–water partition coefficient (Wildman–Crippen LogP) is 2.02. The van der Waals surface area contributed by atoms with Crippen LogP contribution in [0.2, 0.25) is 0 Å². The first kappa shape index (κ1) is 6.66. The fraction of sp³-hybridized carbons (Fsp3) is 1.00. The summed E-state index contributed by atoms with van der Waals surface area (Å²) in [5.41, 5.74) is 0. The van der Waals surface area contributed by atoms with Crippen molar-refractivity contribution in [2.75, 3.05) is 0 Å². The van der Waals surface area contributed by atoms with Crippen LogP contribution in [0.25, 0.3) is 0 Å². The van der Waals surface area contributed by atoms with Crippen molar-refractivity contribution >= 4 is 0 Å². The maximum atomic E-state index is 2.67. The van der Waals surface area contributed by atoms with E-state index in [-0.39, 0.29) is 0 Å². The lowest BCUT2D eigenvalue weighted by Gasteiger charge is -2.05. The highest BCUT2D eigenvalue weighted by Crippen LogP contribution is 2.41. The molecule has 1 saturated carbocycles. The lowest BCUT2D eigenvalue weighted by atomic mass is 10.0. The molecule has 1 heteroatoms. The van der Waals surface area contributed by atoms with Gasteiger partial charge >= 0.3 is 0 Å². The summed E-state index contributed by atoms with van der Waals surface area (Å²) in [4.78, 5) is 2.67. The lowest BCUT2D eigenvalue weighted by Crippen LogP contribution is -2.12. The molecule has 2 fully saturated rings. The van der Waals surface area contributed by atoms with Gasteiger partial charge in [-0.15, -0.1) is 0 Å². The van der Waals surface area contributed by atoms with Gasteiger partial charge in [0, 0.05) is 18.1 Å². The second-order valence-corrected chi connectivity index (χ2v) is 3.96. The number of hydrogen-bond donors (Lipinski definition) is 0. The van der Waals surface area contributed by atoms with E-state index in [1.807, 2.05) is 0 Å². The van der Waals surface area contributed by atoms with Crippen LogP contribution < -0.4 is 0 Å². The Morgan fingerprint density at radius 2 is 1.60 bits per heavy atom. The van der Waals surface area contributed by atoms with Gasteiger partial charge in [-0.3, -0.25) is 4.90 Å². The number of likely N-dealkylation sites (tertiary alicyclic amines) is 1. The molecule has 10 heavy (non-hydrogen) atoms. The maximum absolute atomic E-state index is 2.67. The summed E-state index contributed by atoms with van der Waals surface area (Å²) in [6, 6.07) is 2.79. The SMILES string of the molecule is CC(C)N1C2CCCCC21. The van der Waals surface area contributed by atoms with Crippen LogP contribution >= 0.6 is 0 Å². The lowest BCUT2D eigenvalue weighted by molar-refractivity contribution is 0.397. The normalized spacial score (nSPS) is 45.3. The Balaban J connectivity index is 1.93. The Bertz CT molecular complexity index is 119. The van der Waals surface area contributed by atoms with Crippen molar-refractivity contribution in [2.45, 2.75) is 57.7 Å². The van der Waals surface area contributed by atoms with Gasteiger partial charge in [0.05, 0.1) is 0 Å². The third kappa shape index (κ3) is 0.878. The second-order valence-electron chi connectivity index (χ2n) is 3.96. The standard InChI is InChI=1S/C9H17N/c1-7(2)10-8-5-3-4-6-9(8)10/h7-9H,3-6H2,1-2H3. The van der Waals surface area contributed by atoms with E-state index in [2.05, 4.69) is 18.7 Å². The maximum Gasteiger partial charge on any atom is 0.0258 e. The van der Waals surface area contributed by atoms with E-state index in [9.17, 15) is 0 Å². The quantitative estimate of drug-likeness (QED) is 0.502. The molecule has 0 N–H and O–H groups in total. The third-order valence-corrected chi connectivity index (χ3v) is 2.97. The van der Waals surface area contributed by atoms with Gasteiger partial charge in [-0.25, -0.2) is 0 Å². The van der Waals surface area contributed by atoms with Crippen molar-refractivity contribution in [3.05, 3.63) is 0 Å². The van der Waals surface area contributed by atoms with Crippen molar-refractivity contribution in [1.29, 1.82) is 0 Å². The van der Waals surface area contributed by atoms with Crippen molar-refractivity contribution in [2.24, 2.45) is 0 Å². The van der Waals surface area contributed by atoms with Crippen molar-refractivity contribution in [3.63, 3.8) is 0 Å². The largest absolute Gasteiger partial charge is 0.292 e. The molecule has 1 aliphatic carbocycles. The van der Waals surface area contributed by atoms with Gasteiger partial charge < -0.3 is 0 Å². The van der Waals surface area contributed by atoms with Crippen molar-refractivity contribution in [1.82, 2.24) is 4.90 Å². The second kappa shape index (κ2) is 2.23. The van der Waals surface area contributed by atoms with Crippen LogP contribution in [0.3, 0.4) is 0 Å². The molecule has 0 aromatic carbocycles. The van der Waals surface area contributed by atoms with Crippen LogP contribution in [0.4, 0.5) is 0 Å². The molecule has 0 radical (unpaired) electrons.